The molecule has 0 radical (unpaired) electrons. The Kier molecular flexibility index (Phi) is 5.65. The van der Waals surface area contributed by atoms with Gasteiger partial charge in [0, 0.05) is 12.1 Å². The van der Waals surface area contributed by atoms with Crippen molar-refractivity contribution in [3.63, 3.8) is 0 Å². The van der Waals surface area contributed by atoms with E-state index in [1.54, 1.807) is 0 Å². The van der Waals surface area contributed by atoms with Crippen LogP contribution in [0.4, 0.5) is 22.0 Å². The first-order valence-electron chi connectivity index (χ1n) is 5.69. The number of halogens is 5. The first-order chi connectivity index (χ1) is 9.60. The largest absolute Gasteiger partial charge is 0.320 e. The van der Waals surface area contributed by atoms with Crippen molar-refractivity contribution in [1.82, 2.24) is 10.0 Å². The molecule has 0 heterocycles. The zero-order chi connectivity index (χ0) is 16.3. The van der Waals surface area contributed by atoms with Crippen LogP contribution in [0, 0.1) is 5.82 Å². The van der Waals surface area contributed by atoms with Gasteiger partial charge in [-0.05, 0) is 25.2 Å². The van der Waals surface area contributed by atoms with E-state index in [1.807, 2.05) is 0 Å². The smallest absolute Gasteiger partial charge is 0.316 e. The lowest BCUT2D eigenvalue weighted by atomic mass is 10.2. The molecule has 0 saturated carbocycles. The van der Waals surface area contributed by atoms with Crippen molar-refractivity contribution in [2.45, 2.75) is 23.8 Å². The molecular weight excluding hydrogens is 319 g/mol. The summed E-state index contributed by atoms with van der Waals surface area (Å²) in [7, 11) is -2.94. The van der Waals surface area contributed by atoms with E-state index >= 15 is 0 Å². The second-order valence-corrected chi connectivity index (χ2v) is 5.94. The standard InChI is InChI=1S/C11H13F5N2O2S/c1-17-5-7-4-8(2-3-9(7)12)21(19,20)18-6-11(15,16)10(13)14/h2-4,10,17-18H,5-6H2,1H3. The van der Waals surface area contributed by atoms with Crippen LogP contribution >= 0.6 is 0 Å². The summed E-state index contributed by atoms with van der Waals surface area (Å²) in [6, 6.07) is 2.65. The fraction of sp³-hybridized carbons (Fsp3) is 0.455. The molecule has 0 fully saturated rings. The van der Waals surface area contributed by atoms with Crippen LogP contribution in [-0.2, 0) is 16.6 Å². The minimum atomic E-state index is -4.49. The molecule has 0 amide bonds. The van der Waals surface area contributed by atoms with E-state index in [1.165, 1.54) is 11.8 Å². The third kappa shape index (κ3) is 4.61. The molecule has 10 heteroatoms. The fourth-order valence-corrected chi connectivity index (χ4v) is 2.49. The third-order valence-corrected chi connectivity index (χ3v) is 3.91. The lowest BCUT2D eigenvalue weighted by Gasteiger charge is -2.16. The van der Waals surface area contributed by atoms with Crippen LogP contribution in [-0.4, -0.2) is 34.4 Å². The Morgan fingerprint density at radius 3 is 2.43 bits per heavy atom. The maximum atomic E-state index is 13.4. The monoisotopic (exact) mass is 332 g/mol. The molecule has 0 aromatic heterocycles. The van der Waals surface area contributed by atoms with Gasteiger partial charge < -0.3 is 5.32 Å². The molecule has 2 N–H and O–H groups in total. The number of rotatable bonds is 7. The average Bonchev–Trinajstić information content (AvgIpc) is 2.39. The van der Waals surface area contributed by atoms with Crippen LogP contribution in [0.5, 0.6) is 0 Å². The number of alkyl halides is 4. The van der Waals surface area contributed by atoms with Crippen molar-refractivity contribution in [2.75, 3.05) is 13.6 Å². The molecule has 0 unspecified atom stereocenters. The van der Waals surface area contributed by atoms with E-state index in [-0.39, 0.29) is 12.1 Å². The molecule has 0 saturated heterocycles. The van der Waals surface area contributed by atoms with Gasteiger partial charge in [0.25, 0.3) is 0 Å². The molecule has 0 aliphatic rings. The van der Waals surface area contributed by atoms with Gasteiger partial charge in [-0.15, -0.1) is 0 Å². The summed E-state index contributed by atoms with van der Waals surface area (Å²) in [5.41, 5.74) is 0.000921. The van der Waals surface area contributed by atoms with Crippen molar-refractivity contribution >= 4 is 10.0 Å². The normalized spacial score (nSPS) is 12.9. The van der Waals surface area contributed by atoms with E-state index < -0.39 is 39.6 Å². The molecule has 4 nitrogen and oxygen atoms in total. The molecule has 0 spiro atoms. The minimum absolute atomic E-state index is 0.000921. The first kappa shape index (κ1) is 17.8. The molecule has 1 aromatic rings. The van der Waals surface area contributed by atoms with Gasteiger partial charge in [0.2, 0.25) is 10.0 Å². The van der Waals surface area contributed by atoms with Crippen LogP contribution in [0.3, 0.4) is 0 Å². The number of sulfonamides is 1. The SMILES string of the molecule is CNCc1cc(S(=O)(=O)NCC(F)(F)C(F)F)ccc1F. The van der Waals surface area contributed by atoms with Crippen molar-refractivity contribution in [3.05, 3.63) is 29.6 Å². The van der Waals surface area contributed by atoms with E-state index in [2.05, 4.69) is 5.32 Å². The summed E-state index contributed by atoms with van der Waals surface area (Å²) in [5.74, 6) is -5.16. The zero-order valence-corrected chi connectivity index (χ0v) is 11.7. The summed E-state index contributed by atoms with van der Waals surface area (Å²) < 4.78 is 87.6. The predicted molar refractivity (Wildman–Crippen MR) is 65.3 cm³/mol. The van der Waals surface area contributed by atoms with Crippen molar-refractivity contribution in [2.24, 2.45) is 0 Å². The Labute approximate surface area is 118 Å². The van der Waals surface area contributed by atoms with Gasteiger partial charge in [0.15, 0.2) is 0 Å². The van der Waals surface area contributed by atoms with Crippen LogP contribution < -0.4 is 10.0 Å². The minimum Gasteiger partial charge on any atom is -0.316 e. The average molecular weight is 332 g/mol. The highest BCUT2D eigenvalue weighted by Gasteiger charge is 2.41. The predicted octanol–water partition coefficient (Wildman–Crippen LogP) is 1.72. The Hall–Kier alpha value is -1.26. The summed E-state index contributed by atoms with van der Waals surface area (Å²) in [6.45, 7) is -1.73. The zero-order valence-electron chi connectivity index (χ0n) is 10.8. The quantitative estimate of drug-likeness (QED) is 0.748. The molecular formula is C11H13F5N2O2S. The van der Waals surface area contributed by atoms with E-state index in [9.17, 15) is 30.4 Å². The van der Waals surface area contributed by atoms with Gasteiger partial charge in [0.05, 0.1) is 11.4 Å². The van der Waals surface area contributed by atoms with Crippen LogP contribution in [0.15, 0.2) is 23.1 Å². The number of hydrogen-bond donors (Lipinski definition) is 2. The van der Waals surface area contributed by atoms with Crippen molar-refractivity contribution in [1.29, 1.82) is 0 Å². The first-order valence-corrected chi connectivity index (χ1v) is 7.17. The highest BCUT2D eigenvalue weighted by molar-refractivity contribution is 7.89. The van der Waals surface area contributed by atoms with Crippen LogP contribution in [0.1, 0.15) is 5.56 Å². The molecule has 120 valence electrons. The molecule has 0 aliphatic carbocycles. The molecule has 0 bridgehead atoms. The van der Waals surface area contributed by atoms with Crippen molar-refractivity contribution < 1.29 is 30.4 Å². The molecule has 21 heavy (non-hydrogen) atoms. The highest BCUT2D eigenvalue weighted by atomic mass is 32.2. The van der Waals surface area contributed by atoms with Gasteiger partial charge in [-0.3, -0.25) is 0 Å². The van der Waals surface area contributed by atoms with Gasteiger partial charge in [-0.2, -0.15) is 8.78 Å². The number of nitrogens with one attached hydrogen (secondary N) is 2. The van der Waals surface area contributed by atoms with Gasteiger partial charge in [-0.25, -0.2) is 26.3 Å². The van der Waals surface area contributed by atoms with Crippen LogP contribution in [0.2, 0.25) is 0 Å². The molecule has 0 aliphatic heterocycles. The van der Waals surface area contributed by atoms with E-state index in [0.29, 0.717) is 0 Å². The van der Waals surface area contributed by atoms with E-state index in [4.69, 9.17) is 0 Å². The Morgan fingerprint density at radius 2 is 1.90 bits per heavy atom. The van der Waals surface area contributed by atoms with Crippen molar-refractivity contribution in [3.8, 4) is 0 Å². The van der Waals surface area contributed by atoms with Gasteiger partial charge >= 0.3 is 12.3 Å². The van der Waals surface area contributed by atoms with Crippen LogP contribution in [0.25, 0.3) is 0 Å². The molecule has 1 rings (SSSR count). The summed E-state index contributed by atoms with van der Waals surface area (Å²) >= 11 is 0. The van der Waals surface area contributed by atoms with Gasteiger partial charge in [-0.1, -0.05) is 0 Å². The Morgan fingerprint density at radius 1 is 1.29 bits per heavy atom. The number of hydrogen-bond acceptors (Lipinski definition) is 3. The summed E-state index contributed by atoms with van der Waals surface area (Å²) in [5, 5.41) is 2.60. The summed E-state index contributed by atoms with van der Waals surface area (Å²) in [6.07, 6.45) is -3.99. The topological polar surface area (TPSA) is 58.2 Å². The van der Waals surface area contributed by atoms with Gasteiger partial charge in [0.1, 0.15) is 5.82 Å². The fourth-order valence-electron chi connectivity index (χ4n) is 1.40. The second kappa shape index (κ2) is 6.67. The second-order valence-electron chi connectivity index (χ2n) is 4.17. The Balaban J connectivity index is 2.96. The molecule has 0 atom stereocenters. The highest BCUT2D eigenvalue weighted by Crippen LogP contribution is 2.23. The lowest BCUT2D eigenvalue weighted by molar-refractivity contribution is -0.122. The molecule has 1 aromatic carbocycles. The Bertz CT molecular complexity index is 592. The lowest BCUT2D eigenvalue weighted by Crippen LogP contribution is -2.41. The third-order valence-electron chi connectivity index (χ3n) is 2.51. The maximum Gasteiger partial charge on any atom is 0.320 e. The number of benzene rings is 1. The summed E-state index contributed by atoms with van der Waals surface area (Å²) in [4.78, 5) is -0.487. The van der Waals surface area contributed by atoms with E-state index in [0.717, 1.165) is 18.2 Å². The maximum absolute atomic E-state index is 13.4.